The van der Waals surface area contributed by atoms with Gasteiger partial charge in [0, 0.05) is 11.3 Å². The van der Waals surface area contributed by atoms with Crippen LogP contribution < -0.4 is 10.2 Å². The Hall–Kier alpha value is -3.83. The molecular formula is C30H31NO4. The van der Waals surface area contributed by atoms with E-state index in [9.17, 15) is 4.79 Å². The van der Waals surface area contributed by atoms with Crippen LogP contribution in [0, 0.1) is 0 Å². The van der Waals surface area contributed by atoms with Gasteiger partial charge in [-0.2, -0.15) is 0 Å². The van der Waals surface area contributed by atoms with Crippen molar-refractivity contribution in [1.82, 2.24) is 5.48 Å². The Bertz CT molecular complexity index is 1150. The van der Waals surface area contributed by atoms with Crippen molar-refractivity contribution >= 4 is 12.0 Å². The average molecular weight is 470 g/mol. The minimum Gasteiger partial charge on any atom is -0.482 e. The predicted molar refractivity (Wildman–Crippen MR) is 138 cm³/mol. The minimum absolute atomic E-state index is 0.211. The van der Waals surface area contributed by atoms with E-state index in [1.165, 1.54) is 5.57 Å². The summed E-state index contributed by atoms with van der Waals surface area (Å²) in [6.45, 7) is 1.78. The number of carbonyl (C=O) groups is 1. The Labute approximate surface area is 206 Å². The molecule has 5 nitrogen and oxygen atoms in total. The summed E-state index contributed by atoms with van der Waals surface area (Å²) in [6, 6.07) is 26.2. The SMILES string of the molecule is CCC(=CCC1=Cc2cccc(OCC(=O)O)c2CC1)NOC(c1ccccc1)c1ccccc1. The lowest BCUT2D eigenvalue weighted by Crippen LogP contribution is -2.19. The van der Waals surface area contributed by atoms with E-state index >= 15 is 0 Å². The predicted octanol–water partition coefficient (Wildman–Crippen LogP) is 6.47. The molecule has 0 unspecified atom stereocenters. The fourth-order valence-corrected chi connectivity index (χ4v) is 4.23. The van der Waals surface area contributed by atoms with Crippen molar-refractivity contribution < 1.29 is 19.5 Å². The monoisotopic (exact) mass is 469 g/mol. The average Bonchev–Trinajstić information content (AvgIpc) is 2.90. The van der Waals surface area contributed by atoms with Crippen molar-refractivity contribution in [2.45, 2.75) is 38.7 Å². The van der Waals surface area contributed by atoms with Crippen LogP contribution in [0.3, 0.4) is 0 Å². The first-order valence-electron chi connectivity index (χ1n) is 12.0. The van der Waals surface area contributed by atoms with Gasteiger partial charge in [0.2, 0.25) is 0 Å². The molecule has 2 N–H and O–H groups in total. The molecule has 0 saturated carbocycles. The van der Waals surface area contributed by atoms with Gasteiger partial charge in [-0.3, -0.25) is 10.3 Å². The molecule has 0 radical (unpaired) electrons. The van der Waals surface area contributed by atoms with Crippen LogP contribution in [0.25, 0.3) is 6.08 Å². The van der Waals surface area contributed by atoms with Crippen LogP contribution in [-0.2, 0) is 16.1 Å². The summed E-state index contributed by atoms with van der Waals surface area (Å²) in [5.41, 5.74) is 9.93. The molecule has 0 amide bonds. The molecule has 0 aliphatic heterocycles. The minimum atomic E-state index is -0.969. The Morgan fingerprint density at radius 3 is 2.29 bits per heavy atom. The van der Waals surface area contributed by atoms with Crippen molar-refractivity contribution in [3.05, 3.63) is 118 Å². The molecule has 180 valence electrons. The Balaban J connectivity index is 1.44. The molecule has 4 rings (SSSR count). The van der Waals surface area contributed by atoms with Crippen LogP contribution in [0.5, 0.6) is 5.75 Å². The van der Waals surface area contributed by atoms with Crippen LogP contribution in [0.15, 0.2) is 96.2 Å². The zero-order chi connectivity index (χ0) is 24.5. The van der Waals surface area contributed by atoms with Crippen molar-refractivity contribution in [2.75, 3.05) is 6.61 Å². The number of ether oxygens (including phenoxy) is 1. The van der Waals surface area contributed by atoms with E-state index in [0.29, 0.717) is 5.75 Å². The molecule has 0 saturated heterocycles. The number of fused-ring (bicyclic) bond motifs is 1. The Kier molecular flexibility index (Phi) is 8.36. The van der Waals surface area contributed by atoms with E-state index in [0.717, 1.165) is 53.6 Å². The van der Waals surface area contributed by atoms with Crippen molar-refractivity contribution in [2.24, 2.45) is 0 Å². The number of benzene rings is 3. The third kappa shape index (κ3) is 6.61. The van der Waals surface area contributed by atoms with Crippen LogP contribution in [0.4, 0.5) is 0 Å². The van der Waals surface area contributed by atoms with E-state index in [2.05, 4.69) is 54.9 Å². The fraction of sp³-hybridized carbons (Fsp3) is 0.233. The quantitative estimate of drug-likeness (QED) is 0.315. The molecule has 3 aromatic rings. The van der Waals surface area contributed by atoms with Gasteiger partial charge in [-0.15, -0.1) is 0 Å². The topological polar surface area (TPSA) is 67.8 Å². The summed E-state index contributed by atoms with van der Waals surface area (Å²) in [7, 11) is 0. The lowest BCUT2D eigenvalue weighted by molar-refractivity contribution is -0.139. The van der Waals surface area contributed by atoms with Gasteiger partial charge < -0.3 is 9.84 Å². The molecule has 5 heteroatoms. The molecule has 3 aromatic carbocycles. The maximum Gasteiger partial charge on any atom is 0.341 e. The number of hydroxylamine groups is 1. The molecule has 35 heavy (non-hydrogen) atoms. The van der Waals surface area contributed by atoms with Gasteiger partial charge in [0.15, 0.2) is 6.61 Å². The number of carboxylic acids is 1. The van der Waals surface area contributed by atoms with Crippen LogP contribution >= 0.6 is 0 Å². The second kappa shape index (κ2) is 12.0. The van der Waals surface area contributed by atoms with Gasteiger partial charge in [-0.05, 0) is 48.4 Å². The van der Waals surface area contributed by atoms with E-state index < -0.39 is 5.97 Å². The molecular weight excluding hydrogens is 438 g/mol. The van der Waals surface area contributed by atoms with E-state index in [1.807, 2.05) is 48.5 Å². The molecule has 1 aliphatic carbocycles. The lowest BCUT2D eigenvalue weighted by atomic mass is 9.90. The molecule has 0 atom stereocenters. The van der Waals surface area contributed by atoms with Gasteiger partial charge in [-0.1, -0.05) is 97.4 Å². The number of nitrogens with one attached hydrogen (secondary N) is 1. The smallest absolute Gasteiger partial charge is 0.341 e. The standard InChI is InChI=1S/C30H31NO4/c1-2-26(31-35-30(23-10-5-3-6-11-23)24-12-7-4-8-13-24)18-16-22-17-19-27-25(20-22)14-9-15-28(27)34-21-29(32)33/h3-15,18,20,30-31H,2,16-17,19,21H2,1H3,(H,32,33). The van der Waals surface area contributed by atoms with Crippen LogP contribution in [0.2, 0.25) is 0 Å². The summed E-state index contributed by atoms with van der Waals surface area (Å²) in [5, 5.41) is 8.91. The van der Waals surface area contributed by atoms with Crippen molar-refractivity contribution in [1.29, 1.82) is 0 Å². The highest BCUT2D eigenvalue weighted by molar-refractivity contribution is 5.69. The number of allylic oxidation sites excluding steroid dienone is 3. The molecule has 0 bridgehead atoms. The molecule has 0 fully saturated rings. The summed E-state index contributed by atoms with van der Waals surface area (Å²) < 4.78 is 5.48. The maximum absolute atomic E-state index is 10.9. The van der Waals surface area contributed by atoms with Crippen molar-refractivity contribution in [3.63, 3.8) is 0 Å². The number of rotatable bonds is 11. The highest BCUT2D eigenvalue weighted by Crippen LogP contribution is 2.32. The third-order valence-electron chi connectivity index (χ3n) is 6.08. The fourth-order valence-electron chi connectivity index (χ4n) is 4.23. The Morgan fingerprint density at radius 1 is 0.971 bits per heavy atom. The summed E-state index contributed by atoms with van der Waals surface area (Å²) >= 11 is 0. The van der Waals surface area contributed by atoms with Crippen LogP contribution in [0.1, 0.15) is 54.5 Å². The summed E-state index contributed by atoms with van der Waals surface area (Å²) in [5.74, 6) is -0.309. The highest BCUT2D eigenvalue weighted by Gasteiger charge is 2.17. The first kappa shape index (κ1) is 24.3. The molecule has 0 heterocycles. The summed E-state index contributed by atoms with van der Waals surface area (Å²) in [4.78, 5) is 17.1. The first-order valence-corrected chi connectivity index (χ1v) is 12.0. The molecule has 0 aromatic heterocycles. The zero-order valence-corrected chi connectivity index (χ0v) is 19.9. The van der Waals surface area contributed by atoms with E-state index in [1.54, 1.807) is 0 Å². The van der Waals surface area contributed by atoms with Gasteiger partial charge in [0.05, 0.1) is 0 Å². The van der Waals surface area contributed by atoms with Crippen LogP contribution in [-0.4, -0.2) is 17.7 Å². The van der Waals surface area contributed by atoms with Gasteiger partial charge in [-0.25, -0.2) is 4.79 Å². The maximum atomic E-state index is 10.9. The zero-order valence-electron chi connectivity index (χ0n) is 19.9. The van der Waals surface area contributed by atoms with Gasteiger partial charge in [0.25, 0.3) is 0 Å². The number of hydrogen-bond donors (Lipinski definition) is 2. The number of hydrogen-bond acceptors (Lipinski definition) is 4. The molecule has 0 spiro atoms. The number of carboxylic acid groups (broad SMARTS) is 1. The van der Waals surface area contributed by atoms with E-state index in [4.69, 9.17) is 14.7 Å². The largest absolute Gasteiger partial charge is 0.482 e. The molecule has 1 aliphatic rings. The first-order chi connectivity index (χ1) is 17.1. The Morgan fingerprint density at radius 2 is 1.66 bits per heavy atom. The highest BCUT2D eigenvalue weighted by atomic mass is 16.7. The van der Waals surface area contributed by atoms with Gasteiger partial charge >= 0.3 is 5.97 Å². The summed E-state index contributed by atoms with van der Waals surface area (Å²) in [6.07, 6.45) is 7.56. The number of aliphatic carboxylic acids is 1. The van der Waals surface area contributed by atoms with Crippen molar-refractivity contribution in [3.8, 4) is 5.75 Å². The third-order valence-corrected chi connectivity index (χ3v) is 6.08. The second-order valence-electron chi connectivity index (χ2n) is 8.52. The normalized spacial score (nSPS) is 13.2. The van der Waals surface area contributed by atoms with Gasteiger partial charge in [0.1, 0.15) is 11.9 Å². The second-order valence-corrected chi connectivity index (χ2v) is 8.52. The van der Waals surface area contributed by atoms with E-state index in [-0.39, 0.29) is 12.7 Å². The lowest BCUT2D eigenvalue weighted by Gasteiger charge is -2.21.